The van der Waals surface area contributed by atoms with Gasteiger partial charge in [-0.1, -0.05) is 56.5 Å². The molecule has 1 aliphatic heterocycles. The van der Waals surface area contributed by atoms with Gasteiger partial charge >= 0.3 is 0 Å². The molecule has 0 amide bonds. The maximum Gasteiger partial charge on any atom is 0.232 e. The Kier molecular flexibility index (Phi) is 4.30. The normalized spacial score (nSPS) is 18.4. The number of fused-ring (bicyclic) bond motifs is 1. The van der Waals surface area contributed by atoms with Crippen LogP contribution in [0.2, 0.25) is 0 Å². The lowest BCUT2D eigenvalue weighted by molar-refractivity contribution is 0.574. The Morgan fingerprint density at radius 1 is 1.21 bits per heavy atom. The van der Waals surface area contributed by atoms with Crippen molar-refractivity contribution in [2.45, 2.75) is 38.6 Å². The summed E-state index contributed by atoms with van der Waals surface area (Å²) in [5.74, 6) is 0. The zero-order valence-electron chi connectivity index (χ0n) is 11.5. The van der Waals surface area contributed by atoms with Crippen molar-refractivity contribution in [1.29, 1.82) is 0 Å². The van der Waals surface area contributed by atoms with Crippen molar-refractivity contribution in [2.24, 2.45) is 0 Å². The molecule has 0 bridgehead atoms. The second-order valence-corrected chi connectivity index (χ2v) is 6.90. The predicted molar refractivity (Wildman–Crippen MR) is 80.7 cm³/mol. The number of hydrogen-bond acceptors (Lipinski definition) is 2. The van der Waals surface area contributed by atoms with Gasteiger partial charge in [-0.15, -0.1) is 0 Å². The third kappa shape index (κ3) is 3.18. The standard InChI is InChI=1S/C15H21NO2S/c1-3-4-5-9-14-12-11-13-8-6-7-10-15(13)16(14)19(2,17)18/h6-8,10-12,14H,3-5,9H2,1-2H3/t14-/m0/s1. The van der Waals surface area contributed by atoms with Gasteiger partial charge in [0.1, 0.15) is 0 Å². The van der Waals surface area contributed by atoms with Gasteiger partial charge in [0.05, 0.1) is 18.0 Å². The summed E-state index contributed by atoms with van der Waals surface area (Å²) in [7, 11) is -3.24. The van der Waals surface area contributed by atoms with Crippen LogP contribution in [0.1, 0.15) is 38.2 Å². The second-order valence-electron chi connectivity index (χ2n) is 5.04. The van der Waals surface area contributed by atoms with Crippen molar-refractivity contribution in [3.8, 4) is 0 Å². The van der Waals surface area contributed by atoms with Gasteiger partial charge in [-0.2, -0.15) is 0 Å². The molecule has 4 heteroatoms. The number of hydrogen-bond donors (Lipinski definition) is 0. The van der Waals surface area contributed by atoms with Crippen LogP contribution in [0, 0.1) is 0 Å². The van der Waals surface area contributed by atoms with E-state index in [4.69, 9.17) is 0 Å². The number of nitrogens with zero attached hydrogens (tertiary/aromatic N) is 1. The van der Waals surface area contributed by atoms with Crippen LogP contribution in [0.4, 0.5) is 5.69 Å². The molecule has 0 N–H and O–H groups in total. The molecular formula is C15H21NO2S. The first-order chi connectivity index (χ1) is 9.04. The lowest BCUT2D eigenvalue weighted by Crippen LogP contribution is -2.40. The fourth-order valence-corrected chi connectivity index (χ4v) is 3.73. The highest BCUT2D eigenvalue weighted by Gasteiger charge is 2.28. The Balaban J connectivity index is 2.32. The molecule has 2 rings (SSSR count). The molecule has 0 saturated carbocycles. The van der Waals surface area contributed by atoms with Crippen LogP contribution >= 0.6 is 0 Å². The van der Waals surface area contributed by atoms with Gasteiger partial charge in [-0.3, -0.25) is 4.31 Å². The second kappa shape index (κ2) is 5.78. The first-order valence-corrected chi connectivity index (χ1v) is 8.65. The van der Waals surface area contributed by atoms with E-state index in [0.717, 1.165) is 36.9 Å². The summed E-state index contributed by atoms with van der Waals surface area (Å²) in [6, 6.07) is 7.61. The quantitative estimate of drug-likeness (QED) is 0.774. The summed E-state index contributed by atoms with van der Waals surface area (Å²) in [6.45, 7) is 2.15. The number of para-hydroxylation sites is 1. The highest BCUT2D eigenvalue weighted by atomic mass is 32.2. The molecule has 104 valence electrons. The first kappa shape index (κ1) is 14.1. The van der Waals surface area contributed by atoms with Crippen molar-refractivity contribution in [3.05, 3.63) is 35.9 Å². The third-order valence-electron chi connectivity index (χ3n) is 3.43. The van der Waals surface area contributed by atoms with Crippen molar-refractivity contribution >= 4 is 21.8 Å². The fourth-order valence-electron chi connectivity index (χ4n) is 2.54. The minimum atomic E-state index is -3.24. The average molecular weight is 279 g/mol. The predicted octanol–water partition coefficient (Wildman–Crippen LogP) is 3.43. The molecule has 1 atom stereocenters. The van der Waals surface area contributed by atoms with Crippen LogP contribution in [0.25, 0.3) is 6.08 Å². The van der Waals surface area contributed by atoms with Crippen molar-refractivity contribution < 1.29 is 8.42 Å². The number of sulfonamides is 1. The Morgan fingerprint density at radius 2 is 1.95 bits per heavy atom. The van der Waals surface area contributed by atoms with Crippen LogP contribution < -0.4 is 4.31 Å². The van der Waals surface area contributed by atoms with Crippen LogP contribution in [-0.2, 0) is 10.0 Å². The van der Waals surface area contributed by atoms with E-state index in [-0.39, 0.29) is 6.04 Å². The van der Waals surface area contributed by atoms with Gasteiger partial charge in [0, 0.05) is 0 Å². The molecule has 1 aromatic carbocycles. The van der Waals surface area contributed by atoms with E-state index in [1.165, 1.54) is 6.26 Å². The lowest BCUT2D eigenvalue weighted by Gasteiger charge is -2.33. The zero-order chi connectivity index (χ0) is 13.9. The number of unbranched alkanes of at least 4 members (excludes halogenated alkanes) is 2. The summed E-state index contributed by atoms with van der Waals surface area (Å²) in [5.41, 5.74) is 1.77. The molecule has 0 radical (unpaired) electrons. The molecule has 0 aromatic heterocycles. The summed E-state index contributed by atoms with van der Waals surface area (Å²) < 4.78 is 25.7. The number of benzene rings is 1. The maximum atomic E-state index is 12.1. The molecule has 0 fully saturated rings. The van der Waals surface area contributed by atoms with Gasteiger partial charge in [0.25, 0.3) is 0 Å². The minimum absolute atomic E-state index is 0.0450. The smallest absolute Gasteiger partial charge is 0.232 e. The molecule has 0 aliphatic carbocycles. The van der Waals surface area contributed by atoms with E-state index in [1.807, 2.05) is 36.4 Å². The fraction of sp³-hybridized carbons (Fsp3) is 0.467. The number of rotatable bonds is 5. The monoisotopic (exact) mass is 279 g/mol. The molecule has 1 aliphatic rings. The van der Waals surface area contributed by atoms with Crippen molar-refractivity contribution in [3.63, 3.8) is 0 Å². The van der Waals surface area contributed by atoms with Crippen molar-refractivity contribution in [1.82, 2.24) is 0 Å². The Morgan fingerprint density at radius 3 is 2.63 bits per heavy atom. The van der Waals surface area contributed by atoms with Gasteiger partial charge in [0.2, 0.25) is 10.0 Å². The Hall–Kier alpha value is -1.29. The molecule has 0 saturated heterocycles. The van der Waals surface area contributed by atoms with Crippen LogP contribution in [0.5, 0.6) is 0 Å². The van der Waals surface area contributed by atoms with Crippen molar-refractivity contribution in [2.75, 3.05) is 10.6 Å². The zero-order valence-corrected chi connectivity index (χ0v) is 12.4. The van der Waals surface area contributed by atoms with Gasteiger partial charge < -0.3 is 0 Å². The SMILES string of the molecule is CCCCC[C@H]1C=Cc2ccccc2N1S(C)(=O)=O. The van der Waals surface area contributed by atoms with E-state index >= 15 is 0 Å². The maximum absolute atomic E-state index is 12.1. The van der Waals surface area contributed by atoms with E-state index in [2.05, 4.69) is 6.92 Å². The number of anilines is 1. The van der Waals surface area contributed by atoms with E-state index < -0.39 is 10.0 Å². The molecule has 3 nitrogen and oxygen atoms in total. The highest BCUT2D eigenvalue weighted by Crippen LogP contribution is 2.32. The Bertz CT molecular complexity index is 563. The van der Waals surface area contributed by atoms with E-state index in [1.54, 1.807) is 4.31 Å². The molecule has 1 heterocycles. The molecule has 19 heavy (non-hydrogen) atoms. The van der Waals surface area contributed by atoms with Crippen LogP contribution in [0.3, 0.4) is 0 Å². The Labute approximate surface area is 116 Å². The van der Waals surface area contributed by atoms with E-state index in [9.17, 15) is 8.42 Å². The summed E-state index contributed by atoms with van der Waals surface area (Å²) >= 11 is 0. The first-order valence-electron chi connectivity index (χ1n) is 6.80. The van der Waals surface area contributed by atoms with Crippen LogP contribution in [0.15, 0.2) is 30.3 Å². The molecule has 1 aromatic rings. The molecule has 0 unspecified atom stereocenters. The van der Waals surface area contributed by atoms with Crippen LogP contribution in [-0.4, -0.2) is 20.7 Å². The van der Waals surface area contributed by atoms with Gasteiger partial charge in [0.15, 0.2) is 0 Å². The summed E-state index contributed by atoms with van der Waals surface area (Å²) in [5, 5.41) is 0. The largest absolute Gasteiger partial charge is 0.263 e. The topological polar surface area (TPSA) is 37.4 Å². The summed E-state index contributed by atoms with van der Waals surface area (Å²) in [4.78, 5) is 0. The average Bonchev–Trinajstić information content (AvgIpc) is 2.37. The summed E-state index contributed by atoms with van der Waals surface area (Å²) in [6.07, 6.45) is 9.56. The minimum Gasteiger partial charge on any atom is -0.263 e. The molecule has 0 spiro atoms. The lowest BCUT2D eigenvalue weighted by atomic mass is 10.0. The third-order valence-corrected chi connectivity index (χ3v) is 4.62. The highest BCUT2D eigenvalue weighted by molar-refractivity contribution is 7.92. The van der Waals surface area contributed by atoms with E-state index in [0.29, 0.717) is 0 Å². The molecular weight excluding hydrogens is 258 g/mol. The van der Waals surface area contributed by atoms with Gasteiger partial charge in [-0.05, 0) is 18.1 Å². The van der Waals surface area contributed by atoms with Gasteiger partial charge in [-0.25, -0.2) is 8.42 Å².